The summed E-state index contributed by atoms with van der Waals surface area (Å²) < 4.78 is 5.55. The molecule has 1 atom stereocenters. The Kier molecular flexibility index (Phi) is 4.70. The van der Waals surface area contributed by atoms with Gasteiger partial charge in [-0.25, -0.2) is 0 Å². The van der Waals surface area contributed by atoms with Gasteiger partial charge in [0.15, 0.2) is 11.9 Å². The Morgan fingerprint density at radius 2 is 1.89 bits per heavy atom. The lowest BCUT2D eigenvalue weighted by Crippen LogP contribution is -2.46. The fourth-order valence-electron chi connectivity index (χ4n) is 1.52. The molecule has 0 aliphatic carbocycles. The van der Waals surface area contributed by atoms with Crippen LogP contribution in [0.2, 0.25) is 0 Å². The van der Waals surface area contributed by atoms with E-state index in [9.17, 15) is 9.59 Å². The lowest BCUT2D eigenvalue weighted by Gasteiger charge is -2.23. The molecular weight excluding hydrogens is 242 g/mol. The zero-order valence-electron chi connectivity index (χ0n) is 12.1. The van der Waals surface area contributed by atoms with Gasteiger partial charge in [0.2, 0.25) is 0 Å². The molecular formula is C15H21NO3. The van der Waals surface area contributed by atoms with Gasteiger partial charge in [-0.1, -0.05) is 12.1 Å². The third-order valence-corrected chi connectivity index (χ3v) is 2.42. The lowest BCUT2D eigenvalue weighted by atomic mass is 10.1. The molecule has 4 nitrogen and oxygen atoms in total. The van der Waals surface area contributed by atoms with Gasteiger partial charge in [-0.15, -0.1) is 0 Å². The van der Waals surface area contributed by atoms with Gasteiger partial charge < -0.3 is 10.1 Å². The van der Waals surface area contributed by atoms with Crippen molar-refractivity contribution in [3.63, 3.8) is 0 Å². The summed E-state index contributed by atoms with van der Waals surface area (Å²) in [6, 6.07) is 6.83. The van der Waals surface area contributed by atoms with Crippen LogP contribution in [-0.4, -0.2) is 23.3 Å². The van der Waals surface area contributed by atoms with Crippen molar-refractivity contribution in [1.29, 1.82) is 0 Å². The van der Waals surface area contributed by atoms with Gasteiger partial charge in [0.1, 0.15) is 5.75 Å². The van der Waals surface area contributed by atoms with Crippen LogP contribution in [0.1, 0.15) is 45.0 Å². The molecule has 0 saturated carbocycles. The standard InChI is InChI=1S/C15H21NO3/c1-10(17)12-7-6-8-13(9-12)19-11(2)14(18)16-15(3,4)5/h6-9,11H,1-5H3,(H,16,18). The molecule has 1 aromatic carbocycles. The van der Waals surface area contributed by atoms with Gasteiger partial charge >= 0.3 is 0 Å². The fourth-order valence-corrected chi connectivity index (χ4v) is 1.52. The lowest BCUT2D eigenvalue weighted by molar-refractivity contribution is -0.128. The first-order chi connectivity index (χ1) is 8.69. The number of benzene rings is 1. The van der Waals surface area contributed by atoms with Crippen LogP contribution in [0.25, 0.3) is 0 Å². The Morgan fingerprint density at radius 3 is 2.42 bits per heavy atom. The molecule has 1 rings (SSSR count). The maximum absolute atomic E-state index is 11.9. The maximum Gasteiger partial charge on any atom is 0.261 e. The molecule has 1 unspecified atom stereocenters. The SMILES string of the molecule is CC(=O)c1cccc(OC(C)C(=O)NC(C)(C)C)c1. The molecule has 0 saturated heterocycles. The number of carbonyl (C=O) groups is 2. The first-order valence-corrected chi connectivity index (χ1v) is 6.29. The first-order valence-electron chi connectivity index (χ1n) is 6.29. The van der Waals surface area contributed by atoms with Crippen molar-refractivity contribution in [2.24, 2.45) is 0 Å². The van der Waals surface area contributed by atoms with E-state index in [2.05, 4.69) is 5.32 Å². The van der Waals surface area contributed by atoms with Crippen LogP contribution in [0, 0.1) is 0 Å². The van der Waals surface area contributed by atoms with E-state index in [4.69, 9.17) is 4.74 Å². The number of hydrogen-bond acceptors (Lipinski definition) is 3. The van der Waals surface area contributed by atoms with Crippen molar-refractivity contribution in [3.8, 4) is 5.75 Å². The summed E-state index contributed by atoms with van der Waals surface area (Å²) in [6.07, 6.45) is -0.610. The van der Waals surface area contributed by atoms with Gasteiger partial charge in [0.25, 0.3) is 5.91 Å². The van der Waals surface area contributed by atoms with E-state index in [1.807, 2.05) is 20.8 Å². The minimum atomic E-state index is -0.610. The van der Waals surface area contributed by atoms with Gasteiger partial charge in [-0.3, -0.25) is 9.59 Å². The summed E-state index contributed by atoms with van der Waals surface area (Å²) >= 11 is 0. The second kappa shape index (κ2) is 5.87. The van der Waals surface area contributed by atoms with E-state index in [0.717, 1.165) is 0 Å². The highest BCUT2D eigenvalue weighted by Gasteiger charge is 2.20. The summed E-state index contributed by atoms with van der Waals surface area (Å²) in [4.78, 5) is 23.1. The monoisotopic (exact) mass is 263 g/mol. The average Bonchev–Trinajstić information content (AvgIpc) is 2.27. The molecule has 0 radical (unpaired) electrons. The van der Waals surface area contributed by atoms with Gasteiger partial charge in [0.05, 0.1) is 0 Å². The summed E-state index contributed by atoms with van der Waals surface area (Å²) in [7, 11) is 0. The van der Waals surface area contributed by atoms with E-state index >= 15 is 0 Å². The van der Waals surface area contributed by atoms with E-state index in [1.165, 1.54) is 6.92 Å². The molecule has 0 heterocycles. The van der Waals surface area contributed by atoms with Crippen LogP contribution in [-0.2, 0) is 4.79 Å². The number of nitrogens with one attached hydrogen (secondary N) is 1. The van der Waals surface area contributed by atoms with Crippen molar-refractivity contribution in [1.82, 2.24) is 5.32 Å². The van der Waals surface area contributed by atoms with Gasteiger partial charge in [0, 0.05) is 11.1 Å². The van der Waals surface area contributed by atoms with Crippen LogP contribution in [0.15, 0.2) is 24.3 Å². The highest BCUT2D eigenvalue weighted by atomic mass is 16.5. The number of carbonyl (C=O) groups excluding carboxylic acids is 2. The fraction of sp³-hybridized carbons (Fsp3) is 0.467. The number of ether oxygens (including phenoxy) is 1. The Hall–Kier alpha value is -1.84. The molecule has 104 valence electrons. The highest BCUT2D eigenvalue weighted by Crippen LogP contribution is 2.15. The third-order valence-electron chi connectivity index (χ3n) is 2.42. The molecule has 4 heteroatoms. The number of rotatable bonds is 4. The minimum absolute atomic E-state index is 0.0303. The second-order valence-electron chi connectivity index (χ2n) is 5.58. The summed E-state index contributed by atoms with van der Waals surface area (Å²) in [6.45, 7) is 8.91. The second-order valence-corrected chi connectivity index (χ2v) is 5.58. The number of Topliss-reactive ketones (excluding diaryl/α,β-unsaturated/α-hetero) is 1. The summed E-state index contributed by atoms with van der Waals surface area (Å²) in [5, 5.41) is 2.85. The average molecular weight is 263 g/mol. The van der Waals surface area contributed by atoms with E-state index in [1.54, 1.807) is 31.2 Å². The summed E-state index contributed by atoms with van der Waals surface area (Å²) in [5.74, 6) is 0.308. The molecule has 0 fully saturated rings. The van der Waals surface area contributed by atoms with Gasteiger partial charge in [-0.2, -0.15) is 0 Å². The van der Waals surface area contributed by atoms with Crippen LogP contribution < -0.4 is 10.1 Å². The van der Waals surface area contributed by atoms with E-state index < -0.39 is 6.10 Å². The van der Waals surface area contributed by atoms with Crippen LogP contribution in [0.3, 0.4) is 0 Å². The number of hydrogen-bond donors (Lipinski definition) is 1. The smallest absolute Gasteiger partial charge is 0.261 e. The first kappa shape index (κ1) is 15.2. The van der Waals surface area contributed by atoms with Crippen LogP contribution in [0.4, 0.5) is 0 Å². The van der Waals surface area contributed by atoms with Crippen molar-refractivity contribution < 1.29 is 14.3 Å². The Bertz CT molecular complexity index is 475. The Morgan fingerprint density at radius 1 is 1.26 bits per heavy atom. The third kappa shape index (κ3) is 5.12. The Labute approximate surface area is 114 Å². The zero-order valence-corrected chi connectivity index (χ0v) is 12.1. The minimum Gasteiger partial charge on any atom is -0.481 e. The molecule has 0 aliphatic heterocycles. The largest absolute Gasteiger partial charge is 0.481 e. The molecule has 1 aromatic rings. The quantitative estimate of drug-likeness (QED) is 0.849. The van der Waals surface area contributed by atoms with Crippen LogP contribution in [0.5, 0.6) is 5.75 Å². The molecule has 1 amide bonds. The van der Waals surface area contributed by atoms with Crippen molar-refractivity contribution in [3.05, 3.63) is 29.8 Å². The van der Waals surface area contributed by atoms with Crippen molar-refractivity contribution >= 4 is 11.7 Å². The molecule has 0 aromatic heterocycles. The molecule has 0 aliphatic rings. The number of amides is 1. The van der Waals surface area contributed by atoms with E-state index in [-0.39, 0.29) is 17.2 Å². The molecule has 0 spiro atoms. The normalized spacial score (nSPS) is 12.7. The van der Waals surface area contributed by atoms with Crippen molar-refractivity contribution in [2.45, 2.75) is 46.3 Å². The topological polar surface area (TPSA) is 55.4 Å². The van der Waals surface area contributed by atoms with Crippen molar-refractivity contribution in [2.75, 3.05) is 0 Å². The molecule has 19 heavy (non-hydrogen) atoms. The zero-order chi connectivity index (χ0) is 14.6. The summed E-state index contributed by atoms with van der Waals surface area (Å²) in [5.41, 5.74) is 0.275. The van der Waals surface area contributed by atoms with Gasteiger partial charge in [-0.05, 0) is 46.8 Å². The molecule has 1 N–H and O–H groups in total. The predicted octanol–water partition coefficient (Wildman–Crippen LogP) is 2.57. The number of ketones is 1. The van der Waals surface area contributed by atoms with Crippen LogP contribution >= 0.6 is 0 Å². The highest BCUT2D eigenvalue weighted by molar-refractivity contribution is 5.94. The Balaban J connectivity index is 2.71. The molecule has 0 bridgehead atoms. The predicted molar refractivity (Wildman–Crippen MR) is 74.4 cm³/mol. The maximum atomic E-state index is 11.9. The van der Waals surface area contributed by atoms with E-state index in [0.29, 0.717) is 11.3 Å².